The molecular formula is C17H21ClN4O2S. The van der Waals surface area contributed by atoms with Crippen molar-refractivity contribution in [1.29, 1.82) is 0 Å². The SMILES string of the molecule is CCc1nnc(NC(=O)C(CC(C)C)NC(=O)c2ccc(Cl)cc2)s1. The number of amides is 2. The molecule has 1 aromatic heterocycles. The molecule has 0 radical (unpaired) electrons. The highest BCUT2D eigenvalue weighted by Crippen LogP contribution is 2.17. The smallest absolute Gasteiger partial charge is 0.251 e. The summed E-state index contributed by atoms with van der Waals surface area (Å²) in [5.41, 5.74) is 0.454. The van der Waals surface area contributed by atoms with Crippen molar-refractivity contribution < 1.29 is 9.59 Å². The van der Waals surface area contributed by atoms with Crippen molar-refractivity contribution in [2.24, 2.45) is 5.92 Å². The fourth-order valence-corrected chi connectivity index (χ4v) is 2.99. The lowest BCUT2D eigenvalue weighted by molar-refractivity contribution is -0.118. The topological polar surface area (TPSA) is 84.0 Å². The monoisotopic (exact) mass is 380 g/mol. The molecular weight excluding hydrogens is 360 g/mol. The first-order valence-corrected chi connectivity index (χ1v) is 9.28. The van der Waals surface area contributed by atoms with Crippen molar-refractivity contribution in [3.05, 3.63) is 39.9 Å². The average Bonchev–Trinajstić information content (AvgIpc) is 3.02. The highest BCUT2D eigenvalue weighted by Gasteiger charge is 2.23. The molecule has 134 valence electrons. The Balaban J connectivity index is 2.07. The van der Waals surface area contributed by atoms with Crippen LogP contribution in [0.3, 0.4) is 0 Å². The summed E-state index contributed by atoms with van der Waals surface area (Å²) >= 11 is 7.17. The van der Waals surface area contributed by atoms with Gasteiger partial charge in [-0.25, -0.2) is 0 Å². The lowest BCUT2D eigenvalue weighted by atomic mass is 10.0. The number of aryl methyl sites for hydroxylation is 1. The van der Waals surface area contributed by atoms with Gasteiger partial charge in [-0.05, 0) is 43.0 Å². The van der Waals surface area contributed by atoms with E-state index in [9.17, 15) is 9.59 Å². The summed E-state index contributed by atoms with van der Waals surface area (Å²) in [7, 11) is 0. The molecule has 1 unspecified atom stereocenters. The maximum Gasteiger partial charge on any atom is 0.251 e. The van der Waals surface area contributed by atoms with Gasteiger partial charge in [-0.1, -0.05) is 43.7 Å². The third kappa shape index (κ3) is 5.79. The quantitative estimate of drug-likeness (QED) is 0.769. The molecule has 2 N–H and O–H groups in total. The number of benzene rings is 1. The van der Waals surface area contributed by atoms with Crippen molar-refractivity contribution >= 4 is 39.9 Å². The Bertz CT molecular complexity index is 731. The second kappa shape index (κ2) is 8.92. The molecule has 1 aromatic carbocycles. The zero-order valence-electron chi connectivity index (χ0n) is 14.4. The van der Waals surface area contributed by atoms with Gasteiger partial charge in [0.25, 0.3) is 5.91 Å². The lowest BCUT2D eigenvalue weighted by Crippen LogP contribution is -2.44. The minimum Gasteiger partial charge on any atom is -0.340 e. The van der Waals surface area contributed by atoms with E-state index in [2.05, 4.69) is 20.8 Å². The summed E-state index contributed by atoms with van der Waals surface area (Å²) in [6, 6.07) is 5.88. The lowest BCUT2D eigenvalue weighted by Gasteiger charge is -2.19. The molecule has 8 heteroatoms. The molecule has 6 nitrogen and oxygen atoms in total. The van der Waals surface area contributed by atoms with E-state index in [1.807, 2.05) is 20.8 Å². The molecule has 2 amide bonds. The van der Waals surface area contributed by atoms with E-state index in [0.29, 0.717) is 22.1 Å². The van der Waals surface area contributed by atoms with Crippen LogP contribution in [0.15, 0.2) is 24.3 Å². The van der Waals surface area contributed by atoms with Crippen LogP contribution in [0, 0.1) is 5.92 Å². The van der Waals surface area contributed by atoms with E-state index in [0.717, 1.165) is 11.4 Å². The number of carbonyl (C=O) groups excluding carboxylic acids is 2. The van der Waals surface area contributed by atoms with Crippen LogP contribution >= 0.6 is 22.9 Å². The highest BCUT2D eigenvalue weighted by molar-refractivity contribution is 7.15. The van der Waals surface area contributed by atoms with Crippen LogP contribution < -0.4 is 10.6 Å². The van der Waals surface area contributed by atoms with Crippen molar-refractivity contribution in [1.82, 2.24) is 15.5 Å². The average molecular weight is 381 g/mol. The number of carbonyl (C=O) groups is 2. The van der Waals surface area contributed by atoms with Gasteiger partial charge in [-0.15, -0.1) is 10.2 Å². The van der Waals surface area contributed by atoms with Crippen LogP contribution in [0.2, 0.25) is 5.02 Å². The van der Waals surface area contributed by atoms with Crippen molar-refractivity contribution in [3.63, 3.8) is 0 Å². The Labute approximate surface area is 156 Å². The van der Waals surface area contributed by atoms with Gasteiger partial charge in [-0.3, -0.25) is 14.9 Å². The third-order valence-corrected chi connectivity index (χ3v) is 4.67. The largest absolute Gasteiger partial charge is 0.340 e. The first kappa shape index (κ1) is 19.3. The molecule has 0 spiro atoms. The number of hydrogen-bond donors (Lipinski definition) is 2. The molecule has 2 aromatic rings. The Morgan fingerprint density at radius 1 is 1.20 bits per heavy atom. The summed E-state index contributed by atoms with van der Waals surface area (Å²) in [6.07, 6.45) is 1.28. The van der Waals surface area contributed by atoms with Gasteiger partial charge >= 0.3 is 0 Å². The first-order valence-electron chi connectivity index (χ1n) is 8.08. The van der Waals surface area contributed by atoms with Crippen LogP contribution in [-0.4, -0.2) is 28.1 Å². The van der Waals surface area contributed by atoms with Crippen LogP contribution in [-0.2, 0) is 11.2 Å². The zero-order chi connectivity index (χ0) is 18.4. The van der Waals surface area contributed by atoms with Gasteiger partial charge < -0.3 is 5.32 Å². The first-order chi connectivity index (χ1) is 11.9. The molecule has 0 fully saturated rings. The van der Waals surface area contributed by atoms with E-state index in [-0.39, 0.29) is 17.7 Å². The minimum absolute atomic E-state index is 0.238. The summed E-state index contributed by atoms with van der Waals surface area (Å²) < 4.78 is 0. The molecule has 1 atom stereocenters. The fraction of sp³-hybridized carbons (Fsp3) is 0.412. The number of hydrogen-bond acceptors (Lipinski definition) is 5. The second-order valence-electron chi connectivity index (χ2n) is 6.01. The predicted molar refractivity (Wildman–Crippen MR) is 100 cm³/mol. The second-order valence-corrected chi connectivity index (χ2v) is 7.50. The van der Waals surface area contributed by atoms with E-state index < -0.39 is 6.04 Å². The number of anilines is 1. The van der Waals surface area contributed by atoms with E-state index >= 15 is 0 Å². The van der Waals surface area contributed by atoms with Gasteiger partial charge in [0.05, 0.1) is 0 Å². The maximum absolute atomic E-state index is 12.6. The van der Waals surface area contributed by atoms with Crippen molar-refractivity contribution in [2.45, 2.75) is 39.7 Å². The fourth-order valence-electron chi connectivity index (χ4n) is 2.19. The summed E-state index contributed by atoms with van der Waals surface area (Å²) in [5, 5.41) is 15.3. The van der Waals surface area contributed by atoms with Crippen molar-refractivity contribution in [2.75, 3.05) is 5.32 Å². The summed E-state index contributed by atoms with van der Waals surface area (Å²) in [4.78, 5) is 25.0. The summed E-state index contributed by atoms with van der Waals surface area (Å²) in [6.45, 7) is 5.96. The number of aromatic nitrogens is 2. The Kier molecular flexibility index (Phi) is 6.90. The van der Waals surface area contributed by atoms with Gasteiger partial charge in [0, 0.05) is 10.6 Å². The van der Waals surface area contributed by atoms with Gasteiger partial charge in [0.15, 0.2) is 0 Å². The van der Waals surface area contributed by atoms with Crippen LogP contribution in [0.5, 0.6) is 0 Å². The molecule has 0 saturated carbocycles. The molecule has 0 aliphatic rings. The van der Waals surface area contributed by atoms with Crippen molar-refractivity contribution in [3.8, 4) is 0 Å². The van der Waals surface area contributed by atoms with E-state index in [1.165, 1.54) is 11.3 Å². The predicted octanol–water partition coefficient (Wildman–Crippen LogP) is 3.54. The molecule has 1 heterocycles. The molecule has 0 aliphatic carbocycles. The highest BCUT2D eigenvalue weighted by atomic mass is 35.5. The standard InChI is InChI=1S/C17H21ClN4O2S/c1-4-14-21-22-17(25-14)20-16(24)13(9-10(2)3)19-15(23)11-5-7-12(18)8-6-11/h5-8,10,13H,4,9H2,1-3H3,(H,19,23)(H,20,22,24). The van der Waals surface area contributed by atoms with E-state index in [1.54, 1.807) is 24.3 Å². The molecule has 2 rings (SSSR count). The minimum atomic E-state index is -0.655. The number of nitrogens with one attached hydrogen (secondary N) is 2. The molecule has 0 saturated heterocycles. The van der Waals surface area contributed by atoms with Gasteiger partial charge in [0.1, 0.15) is 11.0 Å². The zero-order valence-corrected chi connectivity index (χ0v) is 15.9. The maximum atomic E-state index is 12.6. The Morgan fingerprint density at radius 2 is 1.88 bits per heavy atom. The normalized spacial score (nSPS) is 12.0. The number of halogens is 1. The number of rotatable bonds is 7. The van der Waals surface area contributed by atoms with Crippen LogP contribution in [0.4, 0.5) is 5.13 Å². The van der Waals surface area contributed by atoms with Gasteiger partial charge in [0.2, 0.25) is 11.0 Å². The molecule has 25 heavy (non-hydrogen) atoms. The Hall–Kier alpha value is -1.99. The third-order valence-electron chi connectivity index (χ3n) is 3.43. The van der Waals surface area contributed by atoms with Crippen LogP contribution in [0.1, 0.15) is 42.6 Å². The molecule has 0 bridgehead atoms. The van der Waals surface area contributed by atoms with Gasteiger partial charge in [-0.2, -0.15) is 0 Å². The molecule has 0 aliphatic heterocycles. The summed E-state index contributed by atoms with van der Waals surface area (Å²) in [5.74, 6) is -0.374. The number of nitrogens with zero attached hydrogens (tertiary/aromatic N) is 2. The van der Waals surface area contributed by atoms with Crippen LogP contribution in [0.25, 0.3) is 0 Å². The Morgan fingerprint density at radius 3 is 2.44 bits per heavy atom. The van der Waals surface area contributed by atoms with E-state index in [4.69, 9.17) is 11.6 Å².